The molecule has 1 N–H and O–H groups in total. The Balaban J connectivity index is 2.39. The zero-order valence-corrected chi connectivity index (χ0v) is 18.7. The highest BCUT2D eigenvalue weighted by atomic mass is 32.2. The van der Waals surface area contributed by atoms with Gasteiger partial charge in [0.25, 0.3) is 5.91 Å². The van der Waals surface area contributed by atoms with Crippen LogP contribution in [0.4, 0.5) is 5.69 Å². The van der Waals surface area contributed by atoms with E-state index in [0.717, 1.165) is 12.0 Å². The minimum atomic E-state index is -3.72. The van der Waals surface area contributed by atoms with E-state index in [9.17, 15) is 13.2 Å². The molecule has 0 aliphatic carbocycles. The number of rotatable bonds is 9. The number of thiophene rings is 1. The molecule has 8 heteroatoms. The summed E-state index contributed by atoms with van der Waals surface area (Å²) in [6.45, 7) is 10.5. The molecular weight excluding hydrogens is 396 g/mol. The Morgan fingerprint density at radius 1 is 1.14 bits per heavy atom. The predicted molar refractivity (Wildman–Crippen MR) is 114 cm³/mol. The quantitative estimate of drug-likeness (QED) is 0.651. The van der Waals surface area contributed by atoms with Crippen molar-refractivity contribution in [1.82, 2.24) is 4.31 Å². The molecule has 2 aromatic rings. The van der Waals surface area contributed by atoms with Crippen molar-refractivity contribution in [3.05, 3.63) is 39.6 Å². The second-order valence-corrected chi connectivity index (χ2v) is 9.25. The van der Waals surface area contributed by atoms with Gasteiger partial charge in [-0.3, -0.25) is 4.79 Å². The van der Waals surface area contributed by atoms with Crippen LogP contribution in [0.1, 0.15) is 47.8 Å². The van der Waals surface area contributed by atoms with Gasteiger partial charge in [-0.05, 0) is 50.1 Å². The first-order chi connectivity index (χ1) is 13.3. The van der Waals surface area contributed by atoms with Crippen molar-refractivity contribution in [2.24, 2.45) is 0 Å². The molecule has 1 aromatic heterocycles. The van der Waals surface area contributed by atoms with Crippen molar-refractivity contribution in [1.29, 1.82) is 0 Å². The highest BCUT2D eigenvalue weighted by Gasteiger charge is 2.26. The number of carbonyl (C=O) groups is 1. The fraction of sp³-hybridized carbons (Fsp3) is 0.450. The van der Waals surface area contributed by atoms with Gasteiger partial charge in [-0.25, -0.2) is 8.42 Å². The van der Waals surface area contributed by atoms with E-state index >= 15 is 0 Å². The van der Waals surface area contributed by atoms with Gasteiger partial charge >= 0.3 is 0 Å². The molecule has 0 radical (unpaired) electrons. The number of benzene rings is 1. The number of aryl methyl sites for hydroxylation is 2. The van der Waals surface area contributed by atoms with Crippen molar-refractivity contribution in [3.63, 3.8) is 0 Å². The lowest BCUT2D eigenvalue weighted by Gasteiger charge is -2.21. The predicted octanol–water partition coefficient (Wildman–Crippen LogP) is 4.30. The van der Waals surface area contributed by atoms with Crippen LogP contribution in [-0.2, 0) is 16.4 Å². The van der Waals surface area contributed by atoms with E-state index in [2.05, 4.69) is 12.2 Å². The summed E-state index contributed by atoms with van der Waals surface area (Å²) < 4.78 is 32.9. The lowest BCUT2D eigenvalue weighted by molar-refractivity contribution is 0.103. The minimum Gasteiger partial charge on any atom is -0.492 e. The zero-order valence-electron chi connectivity index (χ0n) is 17.0. The number of hydrogen-bond donors (Lipinski definition) is 1. The van der Waals surface area contributed by atoms with Gasteiger partial charge in [0.1, 0.15) is 10.6 Å². The molecule has 0 saturated carbocycles. The first-order valence-corrected chi connectivity index (χ1v) is 11.7. The maximum absolute atomic E-state index is 13.0. The van der Waals surface area contributed by atoms with Crippen molar-refractivity contribution in [2.75, 3.05) is 25.0 Å². The standard InChI is InChI=1S/C20H28N2O4S2/c1-6-17-14(5)12-18(27-17)20(23)21-15-10-11-16(26-9-4)19(13-15)28(24,25)22(7-2)8-3/h10-13H,6-9H2,1-5H3,(H,21,23). The van der Waals surface area contributed by atoms with Crippen LogP contribution in [0.5, 0.6) is 5.75 Å². The number of nitrogens with one attached hydrogen (secondary N) is 1. The number of amides is 1. The number of sulfonamides is 1. The molecule has 0 atom stereocenters. The molecule has 0 bridgehead atoms. The van der Waals surface area contributed by atoms with Crippen molar-refractivity contribution >= 4 is 33.0 Å². The summed E-state index contributed by atoms with van der Waals surface area (Å²) >= 11 is 1.46. The zero-order chi connectivity index (χ0) is 20.9. The molecule has 0 fully saturated rings. The van der Waals surface area contributed by atoms with Crippen LogP contribution in [0, 0.1) is 6.92 Å². The van der Waals surface area contributed by atoms with Crippen molar-refractivity contribution in [3.8, 4) is 5.75 Å². The van der Waals surface area contributed by atoms with E-state index in [4.69, 9.17) is 4.74 Å². The highest BCUT2D eigenvalue weighted by Crippen LogP contribution is 2.31. The monoisotopic (exact) mass is 424 g/mol. The van der Waals surface area contributed by atoms with Crippen LogP contribution in [0.3, 0.4) is 0 Å². The van der Waals surface area contributed by atoms with Crippen molar-refractivity contribution < 1.29 is 17.9 Å². The Bertz CT molecular complexity index is 932. The third-order valence-electron chi connectivity index (χ3n) is 4.39. The van der Waals surface area contributed by atoms with E-state index in [-0.39, 0.29) is 16.6 Å². The molecule has 154 valence electrons. The number of ether oxygens (including phenoxy) is 1. The van der Waals surface area contributed by atoms with Gasteiger partial charge in [-0.2, -0.15) is 4.31 Å². The van der Waals surface area contributed by atoms with Crippen LogP contribution in [0.15, 0.2) is 29.2 Å². The Labute approximate surface area is 171 Å². The molecule has 0 unspecified atom stereocenters. The van der Waals surface area contributed by atoms with Crippen LogP contribution >= 0.6 is 11.3 Å². The molecule has 28 heavy (non-hydrogen) atoms. The second-order valence-electron chi connectivity index (χ2n) is 6.21. The third kappa shape index (κ3) is 4.74. The normalized spacial score (nSPS) is 11.6. The van der Waals surface area contributed by atoms with Gasteiger partial charge in [0.2, 0.25) is 10.0 Å². The molecule has 2 rings (SSSR count). The van der Waals surface area contributed by atoms with E-state index < -0.39 is 10.0 Å². The Hall–Kier alpha value is -1.90. The average Bonchev–Trinajstić information content (AvgIpc) is 3.04. The Morgan fingerprint density at radius 2 is 1.82 bits per heavy atom. The summed E-state index contributed by atoms with van der Waals surface area (Å²) in [4.78, 5) is 14.5. The van der Waals surface area contributed by atoms with E-state index in [1.165, 1.54) is 26.6 Å². The average molecular weight is 425 g/mol. The molecule has 0 spiro atoms. The molecule has 1 amide bonds. The molecule has 6 nitrogen and oxygen atoms in total. The van der Waals surface area contributed by atoms with Gasteiger partial charge in [0.15, 0.2) is 0 Å². The van der Waals surface area contributed by atoms with Gasteiger partial charge in [0, 0.05) is 23.7 Å². The fourth-order valence-corrected chi connectivity index (χ4v) is 5.56. The van der Waals surface area contributed by atoms with Crippen molar-refractivity contribution in [2.45, 2.75) is 45.9 Å². The summed E-state index contributed by atoms with van der Waals surface area (Å²) in [5, 5.41) is 2.81. The maximum atomic E-state index is 13.0. The minimum absolute atomic E-state index is 0.0625. The van der Waals surface area contributed by atoms with Gasteiger partial charge in [-0.1, -0.05) is 20.8 Å². The lowest BCUT2D eigenvalue weighted by atomic mass is 10.2. The van der Waals surface area contributed by atoms with E-state index in [1.54, 1.807) is 32.9 Å². The Morgan fingerprint density at radius 3 is 2.36 bits per heavy atom. The summed E-state index contributed by atoms with van der Waals surface area (Å²) in [5.41, 5.74) is 1.51. The molecule has 0 saturated heterocycles. The molecule has 0 aliphatic heterocycles. The van der Waals surface area contributed by atoms with Crippen LogP contribution in [0.2, 0.25) is 0 Å². The SMILES string of the molecule is CCOc1ccc(NC(=O)c2cc(C)c(CC)s2)cc1S(=O)(=O)N(CC)CC. The van der Waals surface area contributed by atoms with Crippen LogP contribution in [-0.4, -0.2) is 38.3 Å². The first-order valence-electron chi connectivity index (χ1n) is 9.46. The number of nitrogens with zero attached hydrogens (tertiary/aromatic N) is 1. The highest BCUT2D eigenvalue weighted by molar-refractivity contribution is 7.89. The maximum Gasteiger partial charge on any atom is 0.265 e. The van der Waals surface area contributed by atoms with Gasteiger partial charge < -0.3 is 10.1 Å². The summed E-state index contributed by atoms with van der Waals surface area (Å²) in [5.74, 6) is 0.0378. The van der Waals surface area contributed by atoms with Gasteiger partial charge in [0.05, 0.1) is 11.5 Å². The molecular formula is C20H28N2O4S2. The number of hydrogen-bond acceptors (Lipinski definition) is 5. The molecule has 0 aliphatic rings. The topological polar surface area (TPSA) is 75.7 Å². The van der Waals surface area contributed by atoms with Crippen LogP contribution in [0.25, 0.3) is 0 Å². The van der Waals surface area contributed by atoms with Crippen LogP contribution < -0.4 is 10.1 Å². The summed E-state index contributed by atoms with van der Waals surface area (Å²) in [7, 11) is -3.72. The van der Waals surface area contributed by atoms with Gasteiger partial charge in [-0.15, -0.1) is 11.3 Å². The number of carbonyl (C=O) groups excluding carboxylic acids is 1. The van der Waals surface area contributed by atoms with E-state index in [1.807, 2.05) is 13.0 Å². The molecule has 1 aromatic carbocycles. The summed E-state index contributed by atoms with van der Waals surface area (Å²) in [6, 6.07) is 6.58. The van der Waals surface area contributed by atoms with E-state index in [0.29, 0.717) is 30.3 Å². The molecule has 1 heterocycles. The largest absolute Gasteiger partial charge is 0.492 e. The summed E-state index contributed by atoms with van der Waals surface area (Å²) in [6.07, 6.45) is 0.874. The number of anilines is 1. The smallest absolute Gasteiger partial charge is 0.265 e. The Kier molecular flexibility index (Phi) is 7.63. The second kappa shape index (κ2) is 9.54. The third-order valence-corrected chi connectivity index (χ3v) is 7.84. The first kappa shape index (κ1) is 22.4. The fourth-order valence-electron chi connectivity index (χ4n) is 2.94. The lowest BCUT2D eigenvalue weighted by Crippen LogP contribution is -2.31.